The SMILES string of the molecule is CCC1(CN2C(=O)C(CC(C)C)NC(=O)C2C(C)C)CC1. The summed E-state index contributed by atoms with van der Waals surface area (Å²) in [4.78, 5) is 27.2. The van der Waals surface area contributed by atoms with Crippen molar-refractivity contribution in [3.8, 4) is 0 Å². The van der Waals surface area contributed by atoms with Crippen LogP contribution in [0.15, 0.2) is 0 Å². The summed E-state index contributed by atoms with van der Waals surface area (Å²) in [6.45, 7) is 11.2. The maximum absolute atomic E-state index is 12.9. The molecule has 2 unspecified atom stereocenters. The van der Waals surface area contributed by atoms with Gasteiger partial charge in [-0.05, 0) is 42.9 Å². The standard InChI is InChI=1S/C17H30N2O2/c1-6-17(7-8-17)10-19-14(12(4)5)15(20)18-13(16(19)21)9-11(2)3/h11-14H,6-10H2,1-5H3,(H,18,20). The Morgan fingerprint density at radius 3 is 2.29 bits per heavy atom. The smallest absolute Gasteiger partial charge is 0.245 e. The Morgan fingerprint density at radius 2 is 1.86 bits per heavy atom. The molecule has 1 aliphatic heterocycles. The number of nitrogens with one attached hydrogen (secondary N) is 1. The number of nitrogens with zero attached hydrogens (tertiary/aromatic N) is 1. The Morgan fingerprint density at radius 1 is 1.24 bits per heavy atom. The average molecular weight is 294 g/mol. The molecule has 21 heavy (non-hydrogen) atoms. The lowest BCUT2D eigenvalue weighted by atomic mass is 9.91. The monoisotopic (exact) mass is 294 g/mol. The molecule has 0 aromatic rings. The summed E-state index contributed by atoms with van der Waals surface area (Å²) < 4.78 is 0. The van der Waals surface area contributed by atoms with E-state index in [0.29, 0.717) is 5.92 Å². The molecule has 2 fully saturated rings. The first-order chi connectivity index (χ1) is 9.79. The van der Waals surface area contributed by atoms with Gasteiger partial charge < -0.3 is 10.2 Å². The van der Waals surface area contributed by atoms with Crippen LogP contribution in [0.25, 0.3) is 0 Å². The zero-order chi connectivity index (χ0) is 15.8. The Bertz CT molecular complexity index is 413. The number of amides is 2. The molecule has 4 heteroatoms. The first-order valence-corrected chi connectivity index (χ1v) is 8.40. The van der Waals surface area contributed by atoms with E-state index < -0.39 is 0 Å². The second-order valence-corrected chi connectivity index (χ2v) is 7.70. The van der Waals surface area contributed by atoms with Crippen LogP contribution in [-0.4, -0.2) is 35.3 Å². The Balaban J connectivity index is 2.20. The average Bonchev–Trinajstić information content (AvgIpc) is 3.14. The van der Waals surface area contributed by atoms with Gasteiger partial charge in [0.1, 0.15) is 12.1 Å². The van der Waals surface area contributed by atoms with E-state index in [1.165, 1.54) is 12.8 Å². The lowest BCUT2D eigenvalue weighted by molar-refractivity contribution is -0.152. The lowest BCUT2D eigenvalue weighted by Crippen LogP contribution is -2.65. The zero-order valence-corrected chi connectivity index (χ0v) is 14.1. The van der Waals surface area contributed by atoms with Crippen molar-refractivity contribution >= 4 is 11.8 Å². The molecule has 0 radical (unpaired) electrons. The van der Waals surface area contributed by atoms with Gasteiger partial charge in [0.05, 0.1) is 0 Å². The number of carbonyl (C=O) groups excluding carboxylic acids is 2. The summed E-state index contributed by atoms with van der Waals surface area (Å²) in [7, 11) is 0. The van der Waals surface area contributed by atoms with E-state index in [0.717, 1.165) is 19.4 Å². The lowest BCUT2D eigenvalue weighted by Gasteiger charge is -2.42. The fourth-order valence-electron chi connectivity index (χ4n) is 3.43. The number of carbonyl (C=O) groups is 2. The largest absolute Gasteiger partial charge is 0.342 e. The summed E-state index contributed by atoms with van der Waals surface area (Å²) in [6, 6.07) is -0.634. The molecule has 0 aromatic carbocycles. The minimum absolute atomic E-state index is 0.0298. The molecule has 1 saturated heterocycles. The highest BCUT2D eigenvalue weighted by molar-refractivity contribution is 5.97. The zero-order valence-electron chi connectivity index (χ0n) is 14.1. The summed E-state index contributed by atoms with van der Waals surface area (Å²) in [6.07, 6.45) is 4.20. The van der Waals surface area contributed by atoms with E-state index >= 15 is 0 Å². The minimum atomic E-state index is -0.333. The Kier molecular flexibility index (Phi) is 4.64. The molecule has 0 spiro atoms. The third-order valence-corrected chi connectivity index (χ3v) is 5.05. The van der Waals surface area contributed by atoms with E-state index in [-0.39, 0.29) is 35.2 Å². The molecule has 1 heterocycles. The second kappa shape index (κ2) is 5.98. The maximum Gasteiger partial charge on any atom is 0.245 e. The van der Waals surface area contributed by atoms with Gasteiger partial charge in [-0.3, -0.25) is 9.59 Å². The molecule has 4 nitrogen and oxygen atoms in total. The van der Waals surface area contributed by atoms with Crippen molar-refractivity contribution in [2.24, 2.45) is 17.3 Å². The molecule has 2 amide bonds. The van der Waals surface area contributed by atoms with Crippen molar-refractivity contribution < 1.29 is 9.59 Å². The highest BCUT2D eigenvalue weighted by atomic mass is 16.2. The van der Waals surface area contributed by atoms with E-state index in [1.807, 2.05) is 18.7 Å². The van der Waals surface area contributed by atoms with Gasteiger partial charge in [-0.25, -0.2) is 0 Å². The van der Waals surface area contributed by atoms with Crippen LogP contribution in [0, 0.1) is 17.3 Å². The van der Waals surface area contributed by atoms with Gasteiger partial charge in [-0.15, -0.1) is 0 Å². The van der Waals surface area contributed by atoms with Gasteiger partial charge >= 0.3 is 0 Å². The van der Waals surface area contributed by atoms with Crippen molar-refractivity contribution in [2.75, 3.05) is 6.54 Å². The van der Waals surface area contributed by atoms with Crippen LogP contribution in [0.3, 0.4) is 0 Å². The topological polar surface area (TPSA) is 49.4 Å². The first-order valence-electron chi connectivity index (χ1n) is 8.40. The quantitative estimate of drug-likeness (QED) is 0.818. The fraction of sp³-hybridized carbons (Fsp3) is 0.882. The van der Waals surface area contributed by atoms with E-state index in [9.17, 15) is 9.59 Å². The van der Waals surface area contributed by atoms with Crippen molar-refractivity contribution in [3.05, 3.63) is 0 Å². The molecule has 1 aliphatic carbocycles. The van der Waals surface area contributed by atoms with Gasteiger partial charge in [0.25, 0.3) is 0 Å². The first kappa shape index (κ1) is 16.3. The van der Waals surface area contributed by atoms with E-state index in [4.69, 9.17) is 0 Å². The predicted octanol–water partition coefficient (Wildman–Crippen LogP) is 2.57. The summed E-state index contributed by atoms with van der Waals surface area (Å²) in [5.41, 5.74) is 0.281. The van der Waals surface area contributed by atoms with Crippen LogP contribution in [0.1, 0.15) is 60.3 Å². The molecule has 1 N–H and O–H groups in total. The fourth-order valence-corrected chi connectivity index (χ4v) is 3.43. The molecule has 0 aromatic heterocycles. The van der Waals surface area contributed by atoms with Crippen molar-refractivity contribution in [1.29, 1.82) is 0 Å². The van der Waals surface area contributed by atoms with Crippen molar-refractivity contribution in [3.63, 3.8) is 0 Å². The third kappa shape index (κ3) is 3.41. The van der Waals surface area contributed by atoms with Crippen molar-refractivity contribution in [2.45, 2.75) is 72.4 Å². The number of hydrogen-bond acceptors (Lipinski definition) is 2. The minimum Gasteiger partial charge on any atom is -0.342 e. The highest BCUT2D eigenvalue weighted by Gasteiger charge is 2.49. The van der Waals surface area contributed by atoms with Crippen LogP contribution in [-0.2, 0) is 9.59 Å². The maximum atomic E-state index is 12.9. The molecular formula is C17H30N2O2. The molecule has 0 bridgehead atoms. The third-order valence-electron chi connectivity index (χ3n) is 5.05. The Labute approximate surface area is 128 Å². The molecule has 2 atom stereocenters. The molecule has 1 saturated carbocycles. The molecular weight excluding hydrogens is 264 g/mol. The molecule has 2 aliphatic rings. The number of rotatable bonds is 6. The van der Waals surface area contributed by atoms with Crippen LogP contribution < -0.4 is 5.32 Å². The van der Waals surface area contributed by atoms with Crippen LogP contribution in [0.5, 0.6) is 0 Å². The molecule has 2 rings (SSSR count). The predicted molar refractivity (Wildman–Crippen MR) is 83.7 cm³/mol. The Hall–Kier alpha value is -1.06. The summed E-state index contributed by atoms with van der Waals surface area (Å²) >= 11 is 0. The molecule has 120 valence electrons. The van der Waals surface area contributed by atoms with E-state index in [2.05, 4.69) is 26.1 Å². The number of hydrogen-bond donors (Lipinski definition) is 1. The summed E-state index contributed by atoms with van der Waals surface area (Å²) in [5, 5.41) is 2.95. The normalized spacial score (nSPS) is 28.2. The van der Waals surface area contributed by atoms with E-state index in [1.54, 1.807) is 0 Å². The van der Waals surface area contributed by atoms with Gasteiger partial charge in [0.2, 0.25) is 11.8 Å². The van der Waals surface area contributed by atoms with Gasteiger partial charge in [-0.1, -0.05) is 34.6 Å². The van der Waals surface area contributed by atoms with Gasteiger partial charge in [0.15, 0.2) is 0 Å². The van der Waals surface area contributed by atoms with Gasteiger partial charge in [0, 0.05) is 6.54 Å². The highest BCUT2D eigenvalue weighted by Crippen LogP contribution is 2.49. The van der Waals surface area contributed by atoms with Crippen LogP contribution in [0.4, 0.5) is 0 Å². The second-order valence-electron chi connectivity index (χ2n) is 7.70. The van der Waals surface area contributed by atoms with Crippen molar-refractivity contribution in [1.82, 2.24) is 10.2 Å². The summed E-state index contributed by atoms with van der Waals surface area (Å²) in [5.74, 6) is 0.711. The van der Waals surface area contributed by atoms with Crippen LogP contribution in [0.2, 0.25) is 0 Å². The number of piperazine rings is 1. The van der Waals surface area contributed by atoms with Gasteiger partial charge in [-0.2, -0.15) is 0 Å². The van der Waals surface area contributed by atoms with Crippen LogP contribution >= 0.6 is 0 Å².